The van der Waals surface area contributed by atoms with Gasteiger partial charge in [-0.3, -0.25) is 9.80 Å². The summed E-state index contributed by atoms with van der Waals surface area (Å²) in [4.78, 5) is 5.47. The summed E-state index contributed by atoms with van der Waals surface area (Å²) >= 11 is 0. The minimum atomic E-state index is 0.920. The average molecular weight is 180 g/mol. The quantitative estimate of drug-likeness (QED) is 0.600. The molecule has 0 aromatic rings. The Balaban J connectivity index is 1.62. The van der Waals surface area contributed by atoms with Crippen LogP contribution in [0, 0.1) is 0 Å². The minimum absolute atomic E-state index is 0.920. The van der Waals surface area contributed by atoms with Crippen LogP contribution in [0.1, 0.15) is 32.1 Å². The van der Waals surface area contributed by atoms with Gasteiger partial charge in [-0.1, -0.05) is 6.42 Å². The van der Waals surface area contributed by atoms with Crippen molar-refractivity contribution in [2.45, 2.75) is 44.2 Å². The summed E-state index contributed by atoms with van der Waals surface area (Å²) in [5.74, 6) is 0. The van der Waals surface area contributed by atoms with Crippen molar-refractivity contribution in [2.24, 2.45) is 0 Å². The third-order valence-electron chi connectivity index (χ3n) is 3.93. The van der Waals surface area contributed by atoms with Crippen LogP contribution in [0.5, 0.6) is 0 Å². The molecule has 2 heterocycles. The maximum absolute atomic E-state index is 2.74. The van der Waals surface area contributed by atoms with Crippen LogP contribution in [0.4, 0.5) is 0 Å². The van der Waals surface area contributed by atoms with Crippen molar-refractivity contribution >= 4 is 0 Å². The molecule has 2 saturated heterocycles. The Kier molecular flexibility index (Phi) is 2.06. The van der Waals surface area contributed by atoms with Gasteiger partial charge >= 0.3 is 0 Å². The van der Waals surface area contributed by atoms with Crippen LogP contribution in [0.3, 0.4) is 0 Å². The Morgan fingerprint density at radius 1 is 0.692 bits per heavy atom. The van der Waals surface area contributed by atoms with Gasteiger partial charge in [0.25, 0.3) is 0 Å². The lowest BCUT2D eigenvalue weighted by Crippen LogP contribution is -2.55. The first-order valence-electron chi connectivity index (χ1n) is 5.91. The highest BCUT2D eigenvalue weighted by molar-refractivity contribution is 4.92. The van der Waals surface area contributed by atoms with Crippen molar-refractivity contribution in [3.63, 3.8) is 0 Å². The normalized spacial score (nSPS) is 37.4. The Hall–Kier alpha value is -0.0800. The fraction of sp³-hybridized carbons (Fsp3) is 1.00. The van der Waals surface area contributed by atoms with E-state index in [-0.39, 0.29) is 0 Å². The molecule has 3 fully saturated rings. The zero-order chi connectivity index (χ0) is 8.67. The fourth-order valence-corrected chi connectivity index (χ4v) is 2.95. The Labute approximate surface area is 80.9 Å². The summed E-state index contributed by atoms with van der Waals surface area (Å²) in [5.41, 5.74) is 0. The molecule has 74 valence electrons. The lowest BCUT2D eigenvalue weighted by Gasteiger charge is -2.44. The molecule has 2 aliphatic heterocycles. The van der Waals surface area contributed by atoms with Gasteiger partial charge in [0.1, 0.15) is 0 Å². The highest BCUT2D eigenvalue weighted by Crippen LogP contribution is 2.30. The van der Waals surface area contributed by atoms with Crippen LogP contribution in [0.25, 0.3) is 0 Å². The molecule has 3 rings (SSSR count). The maximum atomic E-state index is 2.74. The van der Waals surface area contributed by atoms with E-state index in [2.05, 4.69) is 9.80 Å². The van der Waals surface area contributed by atoms with Gasteiger partial charge in [-0.05, 0) is 32.2 Å². The molecule has 3 aliphatic rings. The Morgan fingerprint density at radius 3 is 2.38 bits per heavy atom. The third-order valence-corrected chi connectivity index (χ3v) is 3.93. The summed E-state index contributed by atoms with van der Waals surface area (Å²) in [5, 5.41) is 0. The van der Waals surface area contributed by atoms with Crippen LogP contribution in [-0.2, 0) is 0 Å². The van der Waals surface area contributed by atoms with E-state index in [4.69, 9.17) is 0 Å². The predicted molar refractivity (Wildman–Crippen MR) is 53.8 cm³/mol. The number of hydrogen-bond donors (Lipinski definition) is 0. The largest absolute Gasteiger partial charge is 0.298 e. The van der Waals surface area contributed by atoms with Gasteiger partial charge in [-0.15, -0.1) is 0 Å². The average Bonchev–Trinajstić information content (AvgIpc) is 3.00. The van der Waals surface area contributed by atoms with Crippen molar-refractivity contribution in [1.29, 1.82) is 0 Å². The minimum Gasteiger partial charge on any atom is -0.298 e. The number of nitrogens with zero attached hydrogens (tertiary/aromatic N) is 2. The van der Waals surface area contributed by atoms with Gasteiger partial charge in [0, 0.05) is 31.7 Å². The van der Waals surface area contributed by atoms with E-state index in [1.54, 1.807) is 0 Å². The predicted octanol–water partition coefficient (Wildman–Crippen LogP) is 1.32. The molecule has 0 radical (unpaired) electrons. The Bertz CT molecular complexity index is 189. The molecule has 0 bridgehead atoms. The summed E-state index contributed by atoms with van der Waals surface area (Å²) in [6.45, 7) is 5.45. The molecule has 1 aliphatic carbocycles. The van der Waals surface area contributed by atoms with Gasteiger partial charge < -0.3 is 0 Å². The molecule has 0 aromatic heterocycles. The molecule has 1 unspecified atom stereocenters. The number of fused-ring (bicyclic) bond motifs is 1. The van der Waals surface area contributed by atoms with Gasteiger partial charge in [0.15, 0.2) is 0 Å². The number of rotatable bonds is 1. The molecular formula is C11H20N2. The molecule has 0 amide bonds. The summed E-state index contributed by atoms with van der Waals surface area (Å²) in [6.07, 6.45) is 7.34. The van der Waals surface area contributed by atoms with Crippen molar-refractivity contribution in [3.05, 3.63) is 0 Å². The van der Waals surface area contributed by atoms with Crippen LogP contribution in [0.2, 0.25) is 0 Å². The van der Waals surface area contributed by atoms with Crippen LogP contribution in [-0.4, -0.2) is 48.1 Å². The van der Waals surface area contributed by atoms with Gasteiger partial charge in [0.2, 0.25) is 0 Å². The van der Waals surface area contributed by atoms with Crippen molar-refractivity contribution in [2.75, 3.05) is 26.2 Å². The monoisotopic (exact) mass is 180 g/mol. The lowest BCUT2D eigenvalue weighted by molar-refractivity contribution is 0.0455. The van der Waals surface area contributed by atoms with E-state index in [1.807, 2.05) is 0 Å². The second-order valence-electron chi connectivity index (χ2n) is 4.91. The van der Waals surface area contributed by atoms with E-state index >= 15 is 0 Å². The molecule has 2 nitrogen and oxygen atoms in total. The first-order valence-corrected chi connectivity index (χ1v) is 5.91. The number of piperidine rings is 1. The second-order valence-corrected chi connectivity index (χ2v) is 4.91. The molecule has 1 saturated carbocycles. The van der Waals surface area contributed by atoms with Crippen LogP contribution >= 0.6 is 0 Å². The SMILES string of the molecule is C1CCN2CCN(C3CC3)CC2C1. The fourth-order valence-electron chi connectivity index (χ4n) is 2.95. The van der Waals surface area contributed by atoms with E-state index in [0.717, 1.165) is 12.1 Å². The molecule has 13 heavy (non-hydrogen) atoms. The zero-order valence-corrected chi connectivity index (χ0v) is 8.41. The van der Waals surface area contributed by atoms with Crippen molar-refractivity contribution in [3.8, 4) is 0 Å². The number of piperazine rings is 1. The second kappa shape index (κ2) is 3.25. The first kappa shape index (κ1) is 8.25. The molecular weight excluding hydrogens is 160 g/mol. The van der Waals surface area contributed by atoms with Crippen molar-refractivity contribution < 1.29 is 0 Å². The molecule has 0 N–H and O–H groups in total. The number of hydrogen-bond acceptors (Lipinski definition) is 2. The molecule has 2 heteroatoms. The molecule has 1 atom stereocenters. The third kappa shape index (κ3) is 1.62. The van der Waals surface area contributed by atoms with E-state index in [9.17, 15) is 0 Å². The molecule has 0 aromatic carbocycles. The highest BCUT2D eigenvalue weighted by atomic mass is 15.3. The summed E-state index contributed by atoms with van der Waals surface area (Å²) in [6, 6.07) is 1.91. The van der Waals surface area contributed by atoms with Crippen LogP contribution in [0.15, 0.2) is 0 Å². The summed E-state index contributed by atoms with van der Waals surface area (Å²) in [7, 11) is 0. The summed E-state index contributed by atoms with van der Waals surface area (Å²) < 4.78 is 0. The lowest BCUT2D eigenvalue weighted by atomic mass is 9.99. The highest BCUT2D eigenvalue weighted by Gasteiger charge is 2.35. The van der Waals surface area contributed by atoms with E-state index < -0.39 is 0 Å². The van der Waals surface area contributed by atoms with Crippen LogP contribution < -0.4 is 0 Å². The smallest absolute Gasteiger partial charge is 0.0223 e. The topological polar surface area (TPSA) is 6.48 Å². The zero-order valence-electron chi connectivity index (χ0n) is 8.41. The maximum Gasteiger partial charge on any atom is 0.0223 e. The Morgan fingerprint density at radius 2 is 1.54 bits per heavy atom. The van der Waals surface area contributed by atoms with Gasteiger partial charge in [0.05, 0.1) is 0 Å². The standard InChI is InChI=1S/C11H20N2/c1-2-6-12-7-8-13(10-4-5-10)9-11(12)3-1/h10-11H,1-9H2. The van der Waals surface area contributed by atoms with Gasteiger partial charge in [-0.2, -0.15) is 0 Å². The van der Waals surface area contributed by atoms with Gasteiger partial charge in [-0.25, -0.2) is 0 Å². The first-order chi connectivity index (χ1) is 6.43. The van der Waals surface area contributed by atoms with E-state index in [1.165, 1.54) is 58.3 Å². The molecule has 0 spiro atoms. The van der Waals surface area contributed by atoms with E-state index in [0.29, 0.717) is 0 Å². The van der Waals surface area contributed by atoms with Crippen molar-refractivity contribution in [1.82, 2.24) is 9.80 Å².